The number of aromatic nitrogens is 2. The molecule has 0 fully saturated rings. The Morgan fingerprint density at radius 2 is 1.92 bits per heavy atom. The van der Waals surface area contributed by atoms with Crippen LogP contribution >= 0.6 is 0 Å². The minimum atomic E-state index is -0.442. The predicted octanol–water partition coefficient (Wildman–Crippen LogP) is 4.09. The topological polar surface area (TPSA) is 93.0 Å². The molecule has 7 nitrogen and oxygen atoms in total. The van der Waals surface area contributed by atoms with E-state index in [-0.39, 0.29) is 11.5 Å². The van der Waals surface area contributed by atoms with E-state index < -0.39 is 4.92 Å². The van der Waals surface area contributed by atoms with Crippen LogP contribution in [0.3, 0.4) is 0 Å². The molecular weight excluding hydrogens is 330 g/mol. The fourth-order valence-corrected chi connectivity index (χ4v) is 2.44. The van der Waals surface area contributed by atoms with Crippen LogP contribution in [0.1, 0.15) is 11.1 Å². The quantitative estimate of drug-likeness (QED) is 0.493. The standard InChI is InChI=1S/C19H19N5O2/c1-14-4-6-16(7-5-14)22-19-17(24(25)26)8-9-18(23-19)21-12-10-15-3-2-11-20-13-15/h2-9,11,13H,10,12H2,1H3,(H2,21,22,23). The lowest BCUT2D eigenvalue weighted by Gasteiger charge is -2.10. The number of rotatable bonds is 7. The summed E-state index contributed by atoms with van der Waals surface area (Å²) in [4.78, 5) is 19.3. The molecule has 0 saturated carbocycles. The minimum absolute atomic E-state index is 0.0663. The van der Waals surface area contributed by atoms with Crippen LogP contribution in [0.15, 0.2) is 60.9 Å². The predicted molar refractivity (Wildman–Crippen MR) is 102 cm³/mol. The van der Waals surface area contributed by atoms with Crippen molar-refractivity contribution in [1.82, 2.24) is 9.97 Å². The van der Waals surface area contributed by atoms with Gasteiger partial charge in [-0.25, -0.2) is 4.98 Å². The molecule has 0 amide bonds. The van der Waals surface area contributed by atoms with Crippen molar-refractivity contribution in [1.29, 1.82) is 0 Å². The lowest BCUT2D eigenvalue weighted by molar-refractivity contribution is -0.384. The van der Waals surface area contributed by atoms with Crippen LogP contribution in [0, 0.1) is 17.0 Å². The van der Waals surface area contributed by atoms with E-state index >= 15 is 0 Å². The van der Waals surface area contributed by atoms with Gasteiger partial charge in [0.25, 0.3) is 0 Å². The van der Waals surface area contributed by atoms with Crippen LogP contribution in [0.5, 0.6) is 0 Å². The summed E-state index contributed by atoms with van der Waals surface area (Å²) in [6, 6.07) is 14.6. The van der Waals surface area contributed by atoms with Crippen molar-refractivity contribution in [3.8, 4) is 0 Å². The molecule has 0 aliphatic heterocycles. The maximum Gasteiger partial charge on any atom is 0.311 e. The Morgan fingerprint density at radius 1 is 1.12 bits per heavy atom. The maximum absolute atomic E-state index is 11.3. The summed E-state index contributed by atoms with van der Waals surface area (Å²) < 4.78 is 0. The summed E-state index contributed by atoms with van der Waals surface area (Å²) in [6.45, 7) is 2.64. The van der Waals surface area contributed by atoms with E-state index in [9.17, 15) is 10.1 Å². The van der Waals surface area contributed by atoms with Gasteiger partial charge in [-0.15, -0.1) is 0 Å². The molecule has 2 heterocycles. The maximum atomic E-state index is 11.3. The van der Waals surface area contributed by atoms with Crippen LogP contribution in [-0.4, -0.2) is 21.4 Å². The first-order valence-corrected chi connectivity index (χ1v) is 8.24. The van der Waals surface area contributed by atoms with Crippen molar-refractivity contribution in [2.75, 3.05) is 17.2 Å². The number of aryl methyl sites for hydroxylation is 1. The van der Waals surface area contributed by atoms with Crippen LogP contribution in [0.4, 0.5) is 23.0 Å². The second-order valence-electron chi connectivity index (χ2n) is 5.85. The molecule has 1 aromatic carbocycles. The Kier molecular flexibility index (Phi) is 5.38. The van der Waals surface area contributed by atoms with Gasteiger partial charge < -0.3 is 10.6 Å². The SMILES string of the molecule is Cc1ccc(Nc2nc(NCCc3cccnc3)ccc2[N+](=O)[O-])cc1. The zero-order valence-electron chi connectivity index (χ0n) is 14.3. The number of pyridine rings is 2. The second-order valence-corrected chi connectivity index (χ2v) is 5.85. The van der Waals surface area contributed by atoms with Gasteiger partial charge in [0.2, 0.25) is 5.82 Å². The molecule has 26 heavy (non-hydrogen) atoms. The first-order valence-electron chi connectivity index (χ1n) is 8.24. The van der Waals surface area contributed by atoms with Crippen molar-refractivity contribution in [2.45, 2.75) is 13.3 Å². The van der Waals surface area contributed by atoms with Gasteiger partial charge in [0.05, 0.1) is 4.92 Å². The van der Waals surface area contributed by atoms with E-state index in [0.717, 1.165) is 23.2 Å². The average Bonchev–Trinajstić information content (AvgIpc) is 2.64. The Morgan fingerprint density at radius 3 is 2.62 bits per heavy atom. The molecule has 0 spiro atoms. The van der Waals surface area contributed by atoms with E-state index in [1.54, 1.807) is 12.3 Å². The zero-order valence-corrected chi connectivity index (χ0v) is 14.3. The largest absolute Gasteiger partial charge is 0.370 e. The highest BCUT2D eigenvalue weighted by molar-refractivity contribution is 5.67. The van der Waals surface area contributed by atoms with E-state index in [1.165, 1.54) is 6.07 Å². The first kappa shape index (κ1) is 17.3. The van der Waals surface area contributed by atoms with Crippen molar-refractivity contribution in [3.63, 3.8) is 0 Å². The van der Waals surface area contributed by atoms with E-state index in [2.05, 4.69) is 20.6 Å². The zero-order chi connectivity index (χ0) is 18.4. The molecule has 132 valence electrons. The molecule has 0 unspecified atom stereocenters. The third-order valence-corrected chi connectivity index (χ3v) is 3.83. The van der Waals surface area contributed by atoms with Gasteiger partial charge in [0, 0.05) is 30.7 Å². The summed E-state index contributed by atoms with van der Waals surface area (Å²) in [5.41, 5.74) is 2.91. The highest BCUT2D eigenvalue weighted by Gasteiger charge is 2.16. The lowest BCUT2D eigenvalue weighted by Crippen LogP contribution is -2.08. The van der Waals surface area contributed by atoms with E-state index in [0.29, 0.717) is 12.4 Å². The fraction of sp³-hybridized carbons (Fsp3) is 0.158. The molecule has 7 heteroatoms. The molecular formula is C19H19N5O2. The van der Waals surface area contributed by atoms with Gasteiger partial charge in [0.15, 0.2) is 0 Å². The van der Waals surface area contributed by atoms with Gasteiger partial charge in [-0.3, -0.25) is 15.1 Å². The summed E-state index contributed by atoms with van der Waals surface area (Å²) in [5, 5.41) is 17.5. The number of benzene rings is 1. The fourth-order valence-electron chi connectivity index (χ4n) is 2.44. The highest BCUT2D eigenvalue weighted by Crippen LogP contribution is 2.27. The van der Waals surface area contributed by atoms with Crippen LogP contribution in [0.2, 0.25) is 0 Å². The second kappa shape index (κ2) is 8.06. The third-order valence-electron chi connectivity index (χ3n) is 3.83. The molecule has 0 bridgehead atoms. The van der Waals surface area contributed by atoms with Crippen molar-refractivity contribution >= 4 is 23.0 Å². The van der Waals surface area contributed by atoms with E-state index in [4.69, 9.17) is 0 Å². The number of nitro groups is 1. The van der Waals surface area contributed by atoms with E-state index in [1.807, 2.05) is 49.5 Å². The molecule has 0 radical (unpaired) electrons. The van der Waals surface area contributed by atoms with Crippen LogP contribution in [0.25, 0.3) is 0 Å². The Hall–Kier alpha value is -3.48. The number of nitrogens with zero attached hydrogens (tertiary/aromatic N) is 3. The lowest BCUT2D eigenvalue weighted by atomic mass is 10.2. The normalized spacial score (nSPS) is 10.3. The monoisotopic (exact) mass is 349 g/mol. The number of hydrogen-bond donors (Lipinski definition) is 2. The van der Waals surface area contributed by atoms with Gasteiger partial charge in [-0.05, 0) is 43.2 Å². The van der Waals surface area contributed by atoms with Crippen molar-refractivity contribution in [2.24, 2.45) is 0 Å². The molecule has 2 N–H and O–H groups in total. The first-order chi connectivity index (χ1) is 12.6. The molecule has 0 aliphatic rings. The smallest absolute Gasteiger partial charge is 0.311 e. The number of nitrogens with one attached hydrogen (secondary N) is 2. The van der Waals surface area contributed by atoms with Crippen molar-refractivity contribution in [3.05, 3.63) is 82.2 Å². The number of anilines is 3. The molecule has 0 atom stereocenters. The summed E-state index contributed by atoms with van der Waals surface area (Å²) >= 11 is 0. The molecule has 0 saturated heterocycles. The summed E-state index contributed by atoms with van der Waals surface area (Å²) in [7, 11) is 0. The van der Waals surface area contributed by atoms with Crippen LogP contribution in [-0.2, 0) is 6.42 Å². The van der Waals surface area contributed by atoms with Gasteiger partial charge >= 0.3 is 5.69 Å². The minimum Gasteiger partial charge on any atom is -0.370 e. The van der Waals surface area contributed by atoms with Crippen LogP contribution < -0.4 is 10.6 Å². The van der Waals surface area contributed by atoms with Gasteiger partial charge in [-0.1, -0.05) is 23.8 Å². The Labute approximate surface area is 151 Å². The summed E-state index contributed by atoms with van der Waals surface area (Å²) in [5.74, 6) is 0.791. The summed E-state index contributed by atoms with van der Waals surface area (Å²) in [6.07, 6.45) is 4.33. The Bertz CT molecular complexity index is 882. The van der Waals surface area contributed by atoms with Gasteiger partial charge in [0.1, 0.15) is 5.82 Å². The van der Waals surface area contributed by atoms with Gasteiger partial charge in [-0.2, -0.15) is 0 Å². The highest BCUT2D eigenvalue weighted by atomic mass is 16.6. The molecule has 3 aromatic rings. The Balaban J connectivity index is 1.73. The molecule has 0 aliphatic carbocycles. The average molecular weight is 349 g/mol. The molecule has 3 rings (SSSR count). The number of hydrogen-bond acceptors (Lipinski definition) is 6. The third kappa shape index (κ3) is 4.54. The van der Waals surface area contributed by atoms with Crippen molar-refractivity contribution < 1.29 is 4.92 Å². The molecule has 2 aromatic heterocycles.